The van der Waals surface area contributed by atoms with Gasteiger partial charge in [-0.1, -0.05) is 24.4 Å². The number of hydrogen-bond acceptors (Lipinski definition) is 4. The van der Waals surface area contributed by atoms with Crippen LogP contribution in [0.25, 0.3) is 11.4 Å². The van der Waals surface area contributed by atoms with Gasteiger partial charge in [-0.05, 0) is 25.1 Å². The Morgan fingerprint density at radius 3 is 2.88 bits per heavy atom. The van der Waals surface area contributed by atoms with Gasteiger partial charge in [0.2, 0.25) is 0 Å². The van der Waals surface area contributed by atoms with E-state index in [1.165, 1.54) is 32.1 Å². The number of nitrogens with zero attached hydrogens (tertiary/aromatic N) is 3. The van der Waals surface area contributed by atoms with Gasteiger partial charge in [-0.25, -0.2) is 0 Å². The summed E-state index contributed by atoms with van der Waals surface area (Å²) in [4.78, 5) is 0. The van der Waals surface area contributed by atoms with Crippen LogP contribution in [-0.4, -0.2) is 19.9 Å². The molecule has 3 rings (SSSR count). The molecule has 90 valence electrons. The SMILES string of the molecule is S=c1[nH]nc(-c2cnoc2)n1C1CCCCC1. The van der Waals surface area contributed by atoms with E-state index in [2.05, 4.69) is 19.9 Å². The summed E-state index contributed by atoms with van der Waals surface area (Å²) in [6.07, 6.45) is 9.47. The Morgan fingerprint density at radius 2 is 2.18 bits per heavy atom. The van der Waals surface area contributed by atoms with Gasteiger partial charge in [0.1, 0.15) is 6.26 Å². The summed E-state index contributed by atoms with van der Waals surface area (Å²) < 4.78 is 7.67. The van der Waals surface area contributed by atoms with Gasteiger partial charge in [0.25, 0.3) is 0 Å². The molecular weight excluding hydrogens is 236 g/mol. The lowest BCUT2D eigenvalue weighted by atomic mass is 9.95. The zero-order valence-electron chi connectivity index (χ0n) is 9.43. The summed E-state index contributed by atoms with van der Waals surface area (Å²) in [5.41, 5.74) is 0.878. The van der Waals surface area contributed by atoms with Gasteiger partial charge in [-0.15, -0.1) is 0 Å². The summed E-state index contributed by atoms with van der Waals surface area (Å²) in [6, 6.07) is 0.458. The number of rotatable bonds is 2. The highest BCUT2D eigenvalue weighted by atomic mass is 32.1. The lowest BCUT2D eigenvalue weighted by molar-refractivity contribution is 0.352. The number of aromatic amines is 1. The molecule has 0 spiro atoms. The summed E-state index contributed by atoms with van der Waals surface area (Å²) in [7, 11) is 0. The van der Waals surface area contributed by atoms with Crippen LogP contribution >= 0.6 is 12.2 Å². The molecule has 1 saturated carbocycles. The molecule has 17 heavy (non-hydrogen) atoms. The van der Waals surface area contributed by atoms with E-state index in [9.17, 15) is 0 Å². The van der Waals surface area contributed by atoms with Crippen molar-refractivity contribution >= 4 is 12.2 Å². The maximum absolute atomic E-state index is 5.32. The molecule has 2 aromatic rings. The maximum atomic E-state index is 5.32. The topological polar surface area (TPSA) is 59.6 Å². The zero-order valence-corrected chi connectivity index (χ0v) is 10.2. The molecular formula is C11H14N4OS. The van der Waals surface area contributed by atoms with Crippen LogP contribution in [0.3, 0.4) is 0 Å². The van der Waals surface area contributed by atoms with Crippen LogP contribution in [-0.2, 0) is 0 Å². The fourth-order valence-electron chi connectivity index (χ4n) is 2.50. The van der Waals surface area contributed by atoms with E-state index in [1.54, 1.807) is 12.5 Å². The third kappa shape index (κ3) is 1.93. The molecule has 0 radical (unpaired) electrons. The monoisotopic (exact) mass is 250 g/mol. The standard InChI is InChI=1S/C11H14N4OS/c17-11-14-13-10(8-6-12-16-7-8)15(11)9-4-2-1-3-5-9/h6-7,9H,1-5H2,(H,14,17). The largest absolute Gasteiger partial charge is 0.364 e. The van der Waals surface area contributed by atoms with Gasteiger partial charge >= 0.3 is 0 Å². The van der Waals surface area contributed by atoms with Crippen LogP contribution in [0.4, 0.5) is 0 Å². The fraction of sp³-hybridized carbons (Fsp3) is 0.545. The lowest BCUT2D eigenvalue weighted by Crippen LogP contribution is -2.14. The Kier molecular flexibility index (Phi) is 2.80. The van der Waals surface area contributed by atoms with Crippen LogP contribution in [0.5, 0.6) is 0 Å². The Morgan fingerprint density at radius 1 is 1.35 bits per heavy atom. The Balaban J connectivity index is 2.03. The van der Waals surface area contributed by atoms with Gasteiger partial charge in [0, 0.05) is 6.04 Å². The van der Waals surface area contributed by atoms with Gasteiger partial charge < -0.3 is 4.52 Å². The third-order valence-electron chi connectivity index (χ3n) is 3.33. The first-order valence-electron chi connectivity index (χ1n) is 5.93. The molecule has 2 heterocycles. The molecule has 1 aliphatic rings. The zero-order chi connectivity index (χ0) is 11.7. The van der Waals surface area contributed by atoms with E-state index >= 15 is 0 Å². The summed E-state index contributed by atoms with van der Waals surface area (Å²) in [6.45, 7) is 0. The van der Waals surface area contributed by atoms with Crippen LogP contribution in [0.1, 0.15) is 38.1 Å². The van der Waals surface area contributed by atoms with Crippen molar-refractivity contribution < 1.29 is 4.52 Å². The molecule has 2 aromatic heterocycles. The van der Waals surface area contributed by atoms with Crippen molar-refractivity contribution in [3.63, 3.8) is 0 Å². The predicted octanol–water partition coefficient (Wildman–Crippen LogP) is 3.10. The van der Waals surface area contributed by atoms with Crippen molar-refractivity contribution in [2.24, 2.45) is 0 Å². The minimum Gasteiger partial charge on any atom is -0.364 e. The first kappa shape index (κ1) is 10.7. The molecule has 1 N–H and O–H groups in total. The second-order valence-corrected chi connectivity index (χ2v) is 4.81. The minimum absolute atomic E-state index is 0.458. The molecule has 0 unspecified atom stereocenters. The molecule has 0 atom stereocenters. The smallest absolute Gasteiger partial charge is 0.195 e. The molecule has 1 fully saturated rings. The van der Waals surface area contributed by atoms with Crippen molar-refractivity contribution in [1.29, 1.82) is 0 Å². The molecule has 0 aliphatic heterocycles. The summed E-state index contributed by atoms with van der Waals surface area (Å²) in [5.74, 6) is 0.836. The second-order valence-electron chi connectivity index (χ2n) is 4.43. The molecule has 0 bridgehead atoms. The molecule has 0 saturated heterocycles. The fourth-order valence-corrected chi connectivity index (χ4v) is 2.78. The molecule has 0 aromatic carbocycles. The number of aromatic nitrogens is 4. The maximum Gasteiger partial charge on any atom is 0.195 e. The highest BCUT2D eigenvalue weighted by Crippen LogP contribution is 2.31. The quantitative estimate of drug-likeness (QED) is 0.832. The average molecular weight is 250 g/mol. The van der Waals surface area contributed by atoms with Crippen LogP contribution in [0.2, 0.25) is 0 Å². The highest BCUT2D eigenvalue weighted by molar-refractivity contribution is 7.71. The van der Waals surface area contributed by atoms with E-state index in [0.29, 0.717) is 10.8 Å². The Labute approximate surface area is 104 Å². The molecule has 5 nitrogen and oxygen atoms in total. The average Bonchev–Trinajstić information content (AvgIpc) is 2.98. The van der Waals surface area contributed by atoms with E-state index in [-0.39, 0.29) is 0 Å². The third-order valence-corrected chi connectivity index (χ3v) is 3.62. The lowest BCUT2D eigenvalue weighted by Gasteiger charge is -2.23. The summed E-state index contributed by atoms with van der Waals surface area (Å²) in [5, 5.41) is 10.9. The van der Waals surface area contributed by atoms with Crippen LogP contribution in [0, 0.1) is 4.77 Å². The van der Waals surface area contributed by atoms with Crippen molar-refractivity contribution in [2.45, 2.75) is 38.1 Å². The molecule has 6 heteroatoms. The van der Waals surface area contributed by atoms with Gasteiger partial charge in [0.05, 0.1) is 11.8 Å². The van der Waals surface area contributed by atoms with Gasteiger partial charge in [-0.2, -0.15) is 5.10 Å². The number of nitrogens with one attached hydrogen (secondary N) is 1. The molecule has 0 amide bonds. The second kappa shape index (κ2) is 4.44. The van der Waals surface area contributed by atoms with Crippen LogP contribution < -0.4 is 0 Å². The van der Waals surface area contributed by atoms with E-state index in [4.69, 9.17) is 16.7 Å². The van der Waals surface area contributed by atoms with Crippen molar-refractivity contribution in [2.75, 3.05) is 0 Å². The van der Waals surface area contributed by atoms with E-state index in [0.717, 1.165) is 11.4 Å². The minimum atomic E-state index is 0.458. The molecule has 1 aliphatic carbocycles. The van der Waals surface area contributed by atoms with Crippen molar-refractivity contribution in [3.05, 3.63) is 17.2 Å². The van der Waals surface area contributed by atoms with Crippen molar-refractivity contribution in [3.8, 4) is 11.4 Å². The first-order valence-corrected chi connectivity index (χ1v) is 6.34. The van der Waals surface area contributed by atoms with Crippen LogP contribution in [0.15, 0.2) is 17.0 Å². The van der Waals surface area contributed by atoms with Gasteiger partial charge in [-0.3, -0.25) is 9.67 Å². The highest BCUT2D eigenvalue weighted by Gasteiger charge is 2.21. The normalized spacial score (nSPS) is 17.4. The predicted molar refractivity (Wildman–Crippen MR) is 65.0 cm³/mol. The van der Waals surface area contributed by atoms with E-state index in [1.807, 2.05) is 0 Å². The summed E-state index contributed by atoms with van der Waals surface area (Å²) >= 11 is 5.32. The Bertz CT molecular complexity index is 536. The Hall–Kier alpha value is -1.43. The number of H-pyrrole nitrogens is 1. The van der Waals surface area contributed by atoms with Gasteiger partial charge in [0.15, 0.2) is 10.6 Å². The number of hydrogen-bond donors (Lipinski definition) is 1. The van der Waals surface area contributed by atoms with E-state index < -0.39 is 0 Å². The first-order chi connectivity index (χ1) is 8.36. The van der Waals surface area contributed by atoms with Crippen molar-refractivity contribution in [1.82, 2.24) is 19.9 Å².